The molecule has 1 saturated heterocycles. The normalized spacial score (nSPS) is 22.1. The Kier molecular flexibility index (Phi) is 3.09. The van der Waals surface area contributed by atoms with E-state index in [1.54, 1.807) is 4.68 Å². The summed E-state index contributed by atoms with van der Waals surface area (Å²) in [5.41, 5.74) is 0.860. The summed E-state index contributed by atoms with van der Waals surface area (Å²) in [4.78, 5) is 13.1. The SMILES string of the molecule is C[C@@H]1CN(c2nnnn2-c2ccccc2)C[C@H]1C(=O)O. The maximum Gasteiger partial charge on any atom is 0.308 e. The standard InChI is InChI=1S/C13H15N5O2/c1-9-7-17(8-11(9)12(19)20)13-14-15-16-18(13)10-5-3-2-4-6-10/h2-6,9,11H,7-8H2,1H3,(H,19,20)/t9-,11-/m1/s1. The first-order valence-electron chi connectivity index (χ1n) is 6.48. The minimum absolute atomic E-state index is 0.0772. The fraction of sp³-hybridized carbons (Fsp3) is 0.385. The number of tetrazole rings is 1. The lowest BCUT2D eigenvalue weighted by molar-refractivity contribution is -0.142. The van der Waals surface area contributed by atoms with Crippen LogP contribution in [-0.4, -0.2) is 44.4 Å². The van der Waals surface area contributed by atoms with Crippen molar-refractivity contribution >= 4 is 11.9 Å². The number of benzene rings is 1. The quantitative estimate of drug-likeness (QED) is 0.891. The molecule has 1 fully saturated rings. The van der Waals surface area contributed by atoms with Crippen LogP contribution in [0.3, 0.4) is 0 Å². The third-order valence-electron chi connectivity index (χ3n) is 3.67. The van der Waals surface area contributed by atoms with Gasteiger partial charge in [0, 0.05) is 13.1 Å². The van der Waals surface area contributed by atoms with Crippen LogP contribution in [0.4, 0.5) is 5.95 Å². The number of carboxylic acid groups (broad SMARTS) is 1. The molecule has 0 aliphatic carbocycles. The molecule has 1 aliphatic rings. The number of rotatable bonds is 3. The molecule has 2 aromatic rings. The molecule has 1 aromatic carbocycles. The van der Waals surface area contributed by atoms with Gasteiger partial charge in [0.15, 0.2) is 0 Å². The molecule has 2 atom stereocenters. The number of carboxylic acids is 1. The lowest BCUT2D eigenvalue weighted by Gasteiger charge is -2.16. The lowest BCUT2D eigenvalue weighted by Crippen LogP contribution is -2.25. The van der Waals surface area contributed by atoms with Gasteiger partial charge in [0.1, 0.15) is 0 Å². The highest BCUT2D eigenvalue weighted by atomic mass is 16.4. The molecule has 0 radical (unpaired) electrons. The van der Waals surface area contributed by atoms with E-state index in [0.717, 1.165) is 5.69 Å². The van der Waals surface area contributed by atoms with Gasteiger partial charge in [0.25, 0.3) is 0 Å². The Hall–Kier alpha value is -2.44. The number of aliphatic carboxylic acids is 1. The average molecular weight is 273 g/mol. The molecule has 20 heavy (non-hydrogen) atoms. The fourth-order valence-electron chi connectivity index (χ4n) is 2.57. The van der Waals surface area contributed by atoms with Crippen molar-refractivity contribution in [1.82, 2.24) is 20.2 Å². The van der Waals surface area contributed by atoms with Gasteiger partial charge >= 0.3 is 5.97 Å². The molecule has 1 aliphatic heterocycles. The van der Waals surface area contributed by atoms with Gasteiger partial charge in [-0.1, -0.05) is 30.2 Å². The van der Waals surface area contributed by atoms with E-state index >= 15 is 0 Å². The van der Waals surface area contributed by atoms with E-state index in [4.69, 9.17) is 0 Å². The molecule has 0 spiro atoms. The summed E-state index contributed by atoms with van der Waals surface area (Å²) < 4.78 is 1.64. The second-order valence-electron chi connectivity index (χ2n) is 5.05. The first kappa shape index (κ1) is 12.6. The first-order valence-corrected chi connectivity index (χ1v) is 6.48. The highest BCUT2D eigenvalue weighted by molar-refractivity contribution is 5.72. The van der Waals surface area contributed by atoms with Gasteiger partial charge in [-0.15, -0.1) is 0 Å². The highest BCUT2D eigenvalue weighted by Gasteiger charge is 2.36. The summed E-state index contributed by atoms with van der Waals surface area (Å²) in [6.07, 6.45) is 0. The minimum atomic E-state index is -0.765. The Morgan fingerprint density at radius 1 is 1.30 bits per heavy atom. The first-order chi connectivity index (χ1) is 9.66. The maximum absolute atomic E-state index is 11.2. The molecule has 3 rings (SSSR count). The van der Waals surface area contributed by atoms with Gasteiger partial charge in [0.2, 0.25) is 5.95 Å². The van der Waals surface area contributed by atoms with Crippen molar-refractivity contribution in [2.24, 2.45) is 11.8 Å². The van der Waals surface area contributed by atoms with E-state index < -0.39 is 5.97 Å². The Balaban J connectivity index is 1.90. The monoisotopic (exact) mass is 273 g/mol. The average Bonchev–Trinajstić information content (AvgIpc) is 3.05. The third kappa shape index (κ3) is 2.11. The number of hydrogen-bond donors (Lipinski definition) is 1. The zero-order valence-corrected chi connectivity index (χ0v) is 11.0. The van der Waals surface area contributed by atoms with Gasteiger partial charge in [-0.2, -0.15) is 4.68 Å². The van der Waals surface area contributed by atoms with Crippen LogP contribution in [0, 0.1) is 11.8 Å². The molecular formula is C13H15N5O2. The van der Waals surface area contributed by atoms with Crippen molar-refractivity contribution in [2.45, 2.75) is 6.92 Å². The molecule has 7 heteroatoms. The van der Waals surface area contributed by atoms with Crippen LogP contribution < -0.4 is 4.90 Å². The Labute approximate surface area is 115 Å². The number of anilines is 1. The molecule has 1 N–H and O–H groups in total. The Morgan fingerprint density at radius 2 is 2.05 bits per heavy atom. The number of nitrogens with zero attached hydrogens (tertiary/aromatic N) is 5. The molecule has 2 heterocycles. The Morgan fingerprint density at radius 3 is 2.70 bits per heavy atom. The van der Waals surface area contributed by atoms with Crippen molar-refractivity contribution < 1.29 is 9.90 Å². The molecule has 1 aromatic heterocycles. The second kappa shape index (κ2) is 4.92. The Bertz CT molecular complexity index is 612. The van der Waals surface area contributed by atoms with Crippen molar-refractivity contribution in [1.29, 1.82) is 0 Å². The summed E-state index contributed by atoms with van der Waals surface area (Å²) >= 11 is 0. The zero-order chi connectivity index (χ0) is 14.1. The molecule has 0 amide bonds. The number of hydrogen-bond acceptors (Lipinski definition) is 5. The van der Waals surface area contributed by atoms with Crippen LogP contribution >= 0.6 is 0 Å². The molecule has 0 unspecified atom stereocenters. The van der Waals surface area contributed by atoms with Gasteiger partial charge in [0.05, 0.1) is 11.6 Å². The van der Waals surface area contributed by atoms with Crippen molar-refractivity contribution in [3.8, 4) is 5.69 Å². The van der Waals surface area contributed by atoms with Crippen LogP contribution in [0.5, 0.6) is 0 Å². The van der Waals surface area contributed by atoms with Crippen LogP contribution in [0.15, 0.2) is 30.3 Å². The molecule has 7 nitrogen and oxygen atoms in total. The van der Waals surface area contributed by atoms with Crippen LogP contribution in [0.25, 0.3) is 5.69 Å². The van der Waals surface area contributed by atoms with Crippen molar-refractivity contribution in [3.05, 3.63) is 30.3 Å². The molecule has 104 valence electrons. The summed E-state index contributed by atoms with van der Waals surface area (Å²) in [7, 11) is 0. The minimum Gasteiger partial charge on any atom is -0.481 e. The largest absolute Gasteiger partial charge is 0.481 e. The zero-order valence-electron chi connectivity index (χ0n) is 11.0. The van der Waals surface area contributed by atoms with E-state index in [-0.39, 0.29) is 11.8 Å². The van der Waals surface area contributed by atoms with E-state index in [1.165, 1.54) is 0 Å². The molecular weight excluding hydrogens is 258 g/mol. The van der Waals surface area contributed by atoms with Crippen LogP contribution in [0.1, 0.15) is 6.92 Å². The van der Waals surface area contributed by atoms with Crippen molar-refractivity contribution in [2.75, 3.05) is 18.0 Å². The maximum atomic E-state index is 11.2. The van der Waals surface area contributed by atoms with E-state index in [0.29, 0.717) is 19.0 Å². The van der Waals surface area contributed by atoms with E-state index in [9.17, 15) is 9.90 Å². The number of carbonyl (C=O) groups is 1. The highest BCUT2D eigenvalue weighted by Crippen LogP contribution is 2.27. The summed E-state index contributed by atoms with van der Waals surface area (Å²) in [5, 5.41) is 20.9. The topological polar surface area (TPSA) is 84.1 Å². The van der Waals surface area contributed by atoms with Gasteiger partial charge in [-0.25, -0.2) is 0 Å². The summed E-state index contributed by atoms with van der Waals surface area (Å²) in [6, 6.07) is 9.56. The fourth-order valence-corrected chi connectivity index (χ4v) is 2.57. The lowest BCUT2D eigenvalue weighted by atomic mass is 9.99. The van der Waals surface area contributed by atoms with Gasteiger partial charge in [-0.3, -0.25) is 4.79 Å². The summed E-state index contributed by atoms with van der Waals surface area (Å²) in [5.74, 6) is -0.477. The number of aromatic nitrogens is 4. The second-order valence-corrected chi connectivity index (χ2v) is 5.05. The van der Waals surface area contributed by atoms with Gasteiger partial charge in [-0.05, 0) is 28.5 Å². The number of para-hydroxylation sites is 1. The molecule has 0 bridgehead atoms. The van der Waals surface area contributed by atoms with E-state index in [2.05, 4.69) is 15.5 Å². The van der Waals surface area contributed by atoms with Crippen LogP contribution in [-0.2, 0) is 4.79 Å². The predicted molar refractivity (Wildman–Crippen MR) is 71.7 cm³/mol. The van der Waals surface area contributed by atoms with Crippen molar-refractivity contribution in [3.63, 3.8) is 0 Å². The molecule has 0 saturated carbocycles. The van der Waals surface area contributed by atoms with Crippen LogP contribution in [0.2, 0.25) is 0 Å². The smallest absolute Gasteiger partial charge is 0.308 e. The predicted octanol–water partition coefficient (Wildman–Crippen LogP) is 0.819. The third-order valence-corrected chi connectivity index (χ3v) is 3.67. The van der Waals surface area contributed by atoms with E-state index in [1.807, 2.05) is 42.2 Å². The van der Waals surface area contributed by atoms with Gasteiger partial charge < -0.3 is 10.0 Å². The summed E-state index contributed by atoms with van der Waals surface area (Å²) in [6.45, 7) is 3.02.